The summed E-state index contributed by atoms with van der Waals surface area (Å²) in [6.07, 6.45) is 9.52. The lowest BCUT2D eigenvalue weighted by Gasteiger charge is -2.36. The minimum absolute atomic E-state index is 0. The molecule has 0 aliphatic heterocycles. The molecular weight excluding hydrogens is 230 g/mol. The van der Waals surface area contributed by atoms with Crippen LogP contribution in [0.5, 0.6) is 0 Å². The van der Waals surface area contributed by atoms with Gasteiger partial charge in [-0.3, -0.25) is 0 Å². The van der Waals surface area contributed by atoms with E-state index in [1.165, 1.54) is 44.6 Å². The Morgan fingerprint density at radius 3 is 1.78 bits per heavy atom. The lowest BCUT2D eigenvalue weighted by atomic mass is 9.69. The normalized spacial score (nSPS) is 36.6. The predicted molar refractivity (Wildman–Crippen MR) is 77.8 cm³/mol. The van der Waals surface area contributed by atoms with E-state index in [0.29, 0.717) is 0 Å². The molecule has 0 nitrogen and oxygen atoms in total. The van der Waals surface area contributed by atoms with Gasteiger partial charge < -0.3 is 0 Å². The largest absolute Gasteiger partial charge is 0.266 e. The number of hydrogen-bond donors (Lipinski definition) is 0. The van der Waals surface area contributed by atoms with Gasteiger partial charge in [-0.25, -0.2) is 0 Å². The molecule has 2 saturated carbocycles. The van der Waals surface area contributed by atoms with Crippen LogP contribution >= 0.6 is 0 Å². The third-order valence-electron chi connectivity index (χ3n) is 4.91. The Kier molecular flexibility index (Phi) is 6.31. The van der Waals surface area contributed by atoms with Crippen molar-refractivity contribution >= 4 is 0 Å². The van der Waals surface area contributed by atoms with Crippen molar-refractivity contribution in [2.45, 2.75) is 65.7 Å². The quantitative estimate of drug-likeness (QED) is 0.531. The highest BCUT2D eigenvalue weighted by Crippen LogP contribution is 2.41. The Bertz CT molecular complexity index is 262. The van der Waals surface area contributed by atoms with Crippen molar-refractivity contribution < 1.29 is 11.6 Å². The van der Waals surface area contributed by atoms with Crippen LogP contribution in [0.4, 0.5) is 8.78 Å². The van der Waals surface area contributed by atoms with Crippen LogP contribution in [0.3, 0.4) is 0 Å². The van der Waals surface area contributed by atoms with Crippen LogP contribution in [0.1, 0.15) is 68.6 Å². The van der Waals surface area contributed by atoms with Crippen molar-refractivity contribution in [1.82, 2.24) is 0 Å². The number of hydrogen-bond acceptors (Lipinski definition) is 0. The number of halogens is 2. The van der Waals surface area contributed by atoms with Gasteiger partial charge in [0.2, 0.25) is 0 Å². The fraction of sp³-hybridized carbons (Fsp3) is 0.875. The second kappa shape index (κ2) is 7.25. The maximum absolute atomic E-state index is 12.2. The Balaban J connectivity index is 0. The van der Waals surface area contributed by atoms with E-state index >= 15 is 0 Å². The van der Waals surface area contributed by atoms with Crippen LogP contribution in [-0.2, 0) is 0 Å². The van der Waals surface area contributed by atoms with E-state index in [1.807, 2.05) is 0 Å². The molecular formula is C16H32F2. The number of rotatable bonds is 2. The highest BCUT2D eigenvalue weighted by molar-refractivity contribution is 4.92. The van der Waals surface area contributed by atoms with Gasteiger partial charge in [0.25, 0.3) is 6.08 Å². The first-order valence-corrected chi connectivity index (χ1v) is 7.18. The van der Waals surface area contributed by atoms with Gasteiger partial charge in [0.05, 0.1) is 0 Å². The zero-order chi connectivity index (χ0) is 12.3. The fourth-order valence-electron chi connectivity index (χ4n) is 3.72. The molecule has 0 aromatic rings. The highest BCUT2D eigenvalue weighted by Gasteiger charge is 2.29. The molecule has 0 aromatic carbocycles. The summed E-state index contributed by atoms with van der Waals surface area (Å²) in [5, 5.41) is 0. The van der Waals surface area contributed by atoms with Crippen LogP contribution in [0, 0.1) is 23.7 Å². The molecule has 2 fully saturated rings. The first-order valence-electron chi connectivity index (χ1n) is 7.18. The minimum Gasteiger partial charge on any atom is -0.174 e. The zero-order valence-corrected chi connectivity index (χ0v) is 10.8. The summed E-state index contributed by atoms with van der Waals surface area (Å²) in [5.41, 5.74) is 0. The average Bonchev–Trinajstić information content (AvgIpc) is 2.30. The first kappa shape index (κ1) is 15.7. The maximum Gasteiger partial charge on any atom is 0.266 e. The molecule has 0 saturated heterocycles. The van der Waals surface area contributed by atoms with Crippen LogP contribution in [0.15, 0.2) is 12.2 Å². The van der Waals surface area contributed by atoms with Crippen molar-refractivity contribution in [3.8, 4) is 0 Å². The molecule has 0 aromatic heterocycles. The van der Waals surface area contributed by atoms with Gasteiger partial charge in [0, 0.05) is 2.85 Å². The second-order valence-corrected chi connectivity index (χ2v) is 6.15. The van der Waals surface area contributed by atoms with E-state index < -0.39 is 6.08 Å². The van der Waals surface area contributed by atoms with Gasteiger partial charge in [-0.2, -0.15) is 8.78 Å². The lowest BCUT2D eigenvalue weighted by molar-refractivity contribution is 0.159. The molecule has 0 heterocycles. The summed E-state index contributed by atoms with van der Waals surface area (Å²) >= 11 is 0. The first-order chi connectivity index (χ1) is 8.15. The molecule has 2 aliphatic carbocycles. The molecule has 0 radical (unpaired) electrons. The molecule has 0 amide bonds. The van der Waals surface area contributed by atoms with E-state index in [-0.39, 0.29) is 16.2 Å². The third kappa shape index (κ3) is 4.37. The van der Waals surface area contributed by atoms with Crippen LogP contribution in [-0.4, -0.2) is 0 Å². The van der Waals surface area contributed by atoms with E-state index in [2.05, 4.69) is 6.92 Å². The van der Waals surface area contributed by atoms with Crippen molar-refractivity contribution in [2.75, 3.05) is 0 Å². The molecule has 18 heavy (non-hydrogen) atoms. The fourth-order valence-corrected chi connectivity index (χ4v) is 3.72. The van der Waals surface area contributed by atoms with E-state index in [4.69, 9.17) is 0 Å². The molecule has 0 bridgehead atoms. The van der Waals surface area contributed by atoms with Gasteiger partial charge in [-0.1, -0.05) is 27.2 Å². The van der Waals surface area contributed by atoms with Gasteiger partial charge in [-0.05, 0) is 68.3 Å². The predicted octanol–water partition coefficient (Wildman–Crippen LogP) is 6.53. The minimum atomic E-state index is -1.49. The molecule has 0 unspecified atom stereocenters. The molecule has 2 rings (SSSR count). The van der Waals surface area contributed by atoms with E-state index in [9.17, 15) is 8.78 Å². The van der Waals surface area contributed by atoms with Crippen molar-refractivity contribution in [3.05, 3.63) is 12.2 Å². The Morgan fingerprint density at radius 2 is 1.33 bits per heavy atom. The van der Waals surface area contributed by atoms with Gasteiger partial charge in [0.1, 0.15) is 0 Å². The van der Waals surface area contributed by atoms with Crippen LogP contribution in [0.2, 0.25) is 0 Å². The Morgan fingerprint density at radius 1 is 0.889 bits per heavy atom. The third-order valence-corrected chi connectivity index (χ3v) is 4.91. The monoisotopic (exact) mass is 262 g/mol. The van der Waals surface area contributed by atoms with E-state index in [1.54, 1.807) is 0 Å². The summed E-state index contributed by atoms with van der Waals surface area (Å²) in [4.78, 5) is 0. The Hall–Kier alpha value is -0.400. The van der Waals surface area contributed by atoms with Crippen molar-refractivity contribution in [3.63, 3.8) is 0 Å². The second-order valence-electron chi connectivity index (χ2n) is 6.15. The van der Waals surface area contributed by atoms with E-state index in [0.717, 1.165) is 30.6 Å². The summed E-state index contributed by atoms with van der Waals surface area (Å²) in [5.74, 6) is 2.78. The van der Waals surface area contributed by atoms with Crippen LogP contribution in [0.25, 0.3) is 0 Å². The molecule has 0 atom stereocenters. The zero-order valence-electron chi connectivity index (χ0n) is 10.8. The molecule has 2 aliphatic rings. The SMILES string of the molecule is C.CC1CCC(C2CCC(C=C(F)F)CC2)CC1.[HH].[HH]. The van der Waals surface area contributed by atoms with Crippen LogP contribution < -0.4 is 0 Å². The summed E-state index contributed by atoms with van der Waals surface area (Å²) in [6, 6.07) is 0. The van der Waals surface area contributed by atoms with Gasteiger partial charge >= 0.3 is 0 Å². The summed E-state index contributed by atoms with van der Waals surface area (Å²) in [7, 11) is 0. The Labute approximate surface area is 114 Å². The van der Waals surface area contributed by atoms with Gasteiger partial charge in [-0.15, -0.1) is 0 Å². The molecule has 2 heteroatoms. The smallest absolute Gasteiger partial charge is 0.174 e. The topological polar surface area (TPSA) is 0 Å². The average molecular weight is 262 g/mol. The highest BCUT2D eigenvalue weighted by atomic mass is 19.3. The number of allylic oxidation sites excluding steroid dienone is 1. The molecule has 110 valence electrons. The van der Waals surface area contributed by atoms with Crippen molar-refractivity contribution in [2.24, 2.45) is 23.7 Å². The standard InChI is InChI=1S/C15H24F2.CH4.2H2/c1-11-2-6-13(7-3-11)14-8-4-12(5-9-14)10-15(16)17;;;/h10-14H,2-9H2,1H3;1H4;2*1H. The summed E-state index contributed by atoms with van der Waals surface area (Å²) in [6.45, 7) is 2.35. The molecule has 0 N–H and O–H groups in total. The van der Waals surface area contributed by atoms with Crippen molar-refractivity contribution in [1.29, 1.82) is 0 Å². The molecule has 0 spiro atoms. The maximum atomic E-state index is 12.2. The lowest BCUT2D eigenvalue weighted by Crippen LogP contribution is -2.24. The van der Waals surface area contributed by atoms with Gasteiger partial charge in [0.15, 0.2) is 0 Å². The summed E-state index contributed by atoms with van der Waals surface area (Å²) < 4.78 is 24.4.